The van der Waals surface area contributed by atoms with Gasteiger partial charge in [0.2, 0.25) is 0 Å². The Morgan fingerprint density at radius 2 is 1.05 bits per heavy atom. The largest absolute Gasteiger partial charge is 0.135 e. The summed E-state index contributed by atoms with van der Waals surface area (Å²) in [5, 5.41) is 2.68. The van der Waals surface area contributed by atoms with Gasteiger partial charge in [0.25, 0.3) is 0 Å². The highest BCUT2D eigenvalue weighted by Gasteiger charge is 2.50. The van der Waals surface area contributed by atoms with Gasteiger partial charge in [-0.05, 0) is 80.4 Å². The molecule has 2 aliphatic rings. The van der Waals surface area contributed by atoms with Gasteiger partial charge in [-0.3, -0.25) is 0 Å². The first kappa shape index (κ1) is 23.2. The van der Waals surface area contributed by atoms with Gasteiger partial charge < -0.3 is 0 Å². The van der Waals surface area contributed by atoms with Gasteiger partial charge in [0.05, 0.1) is 5.41 Å². The summed E-state index contributed by atoms with van der Waals surface area (Å²) >= 11 is 9.67. The number of thiophene rings is 1. The van der Waals surface area contributed by atoms with E-state index in [0.29, 0.717) is 0 Å². The number of rotatable bonds is 0. The zero-order chi connectivity index (χ0) is 26.6. The second kappa shape index (κ2) is 8.27. The molecule has 0 bridgehead atoms. The van der Waals surface area contributed by atoms with Gasteiger partial charge in [0, 0.05) is 34.7 Å². The molecule has 1 aromatic heterocycles. The molecule has 2 aliphatic carbocycles. The molecule has 1 heterocycles. The third-order valence-corrected chi connectivity index (χ3v) is 11.0. The molecule has 9 rings (SSSR count). The number of hydrogen-bond donors (Lipinski definition) is 0. The van der Waals surface area contributed by atoms with Crippen LogP contribution in [0, 0.1) is 0 Å². The molecule has 0 saturated carbocycles. The first-order valence-corrected chi connectivity index (χ1v) is 15.8. The van der Waals surface area contributed by atoms with Crippen LogP contribution in [0.3, 0.4) is 0 Å². The molecule has 0 radical (unpaired) electrons. The van der Waals surface area contributed by atoms with E-state index in [-0.39, 0.29) is 0 Å². The average Bonchev–Trinajstić information content (AvgIpc) is 3.48. The van der Waals surface area contributed by atoms with Gasteiger partial charge in [0.1, 0.15) is 0 Å². The Balaban J connectivity index is 1.56. The molecule has 0 atom stereocenters. The van der Waals surface area contributed by atoms with Crippen LogP contribution in [0.25, 0.3) is 53.6 Å². The SMILES string of the molecule is Brc1ccc2c(c1)C1(c3cc(Br)ccc3-c3ccccc3-2)c2ccccc2-c2c1ccc1c2sc2ccccc21. The van der Waals surface area contributed by atoms with Crippen LogP contribution >= 0.6 is 43.2 Å². The molecule has 0 N–H and O–H groups in total. The van der Waals surface area contributed by atoms with Crippen molar-refractivity contribution in [1.82, 2.24) is 0 Å². The van der Waals surface area contributed by atoms with Crippen LogP contribution in [0.4, 0.5) is 0 Å². The summed E-state index contributed by atoms with van der Waals surface area (Å²) in [6.45, 7) is 0. The topological polar surface area (TPSA) is 0 Å². The maximum atomic E-state index is 3.88. The Bertz CT molecular complexity index is 2130. The first-order chi connectivity index (χ1) is 19.7. The van der Waals surface area contributed by atoms with Gasteiger partial charge in [-0.1, -0.05) is 123 Å². The fourth-order valence-electron chi connectivity index (χ4n) is 7.34. The van der Waals surface area contributed by atoms with Gasteiger partial charge in [0.15, 0.2) is 0 Å². The lowest BCUT2D eigenvalue weighted by Gasteiger charge is -2.35. The van der Waals surface area contributed by atoms with Crippen LogP contribution in [-0.2, 0) is 5.41 Å². The Hall–Kier alpha value is -3.50. The van der Waals surface area contributed by atoms with Crippen LogP contribution in [0.1, 0.15) is 22.3 Å². The molecule has 7 aromatic rings. The van der Waals surface area contributed by atoms with E-state index in [1.807, 2.05) is 11.3 Å². The standard InChI is InChI=1S/C37H20Br2S/c38-21-13-15-25-23-7-1-2-8-24(23)26-16-14-22(39)20-33(26)37(32(25)19-21)30-11-5-3-10-29(30)35-31(37)18-17-28-27-9-4-6-12-34(27)40-36(28)35/h1-20H. The molecular weight excluding hydrogens is 636 g/mol. The zero-order valence-corrected chi connectivity index (χ0v) is 25.2. The monoisotopic (exact) mass is 654 g/mol. The van der Waals surface area contributed by atoms with Gasteiger partial charge in [-0.25, -0.2) is 0 Å². The fraction of sp³-hybridized carbons (Fsp3) is 0.0270. The van der Waals surface area contributed by atoms with Crippen molar-refractivity contribution in [3.63, 3.8) is 0 Å². The summed E-state index contributed by atoms with van der Waals surface area (Å²) in [4.78, 5) is 0. The van der Waals surface area contributed by atoms with Crippen molar-refractivity contribution in [2.75, 3.05) is 0 Å². The summed E-state index contributed by atoms with van der Waals surface area (Å²) in [6.07, 6.45) is 0. The molecule has 0 aliphatic heterocycles. The summed E-state index contributed by atoms with van der Waals surface area (Å²) in [7, 11) is 0. The highest BCUT2D eigenvalue weighted by molar-refractivity contribution is 9.10. The van der Waals surface area contributed by atoms with Crippen molar-refractivity contribution in [3.05, 3.63) is 153 Å². The van der Waals surface area contributed by atoms with E-state index in [4.69, 9.17) is 0 Å². The molecule has 1 spiro atoms. The molecular formula is C37H20Br2S. The molecule has 0 nitrogen and oxygen atoms in total. The summed E-state index contributed by atoms with van der Waals surface area (Å²) in [6, 6.07) is 45.3. The number of hydrogen-bond acceptors (Lipinski definition) is 1. The lowest BCUT2D eigenvalue weighted by molar-refractivity contribution is 0.774. The molecule has 0 fully saturated rings. The minimum absolute atomic E-state index is 0.479. The van der Waals surface area contributed by atoms with E-state index in [0.717, 1.165) is 8.95 Å². The number of fused-ring (bicyclic) bond motifs is 16. The minimum Gasteiger partial charge on any atom is -0.135 e. The molecule has 188 valence electrons. The number of halogens is 2. The van der Waals surface area contributed by atoms with Crippen molar-refractivity contribution < 1.29 is 0 Å². The maximum Gasteiger partial charge on any atom is 0.0726 e. The first-order valence-electron chi connectivity index (χ1n) is 13.4. The van der Waals surface area contributed by atoms with E-state index >= 15 is 0 Å². The van der Waals surface area contributed by atoms with E-state index in [1.165, 1.54) is 75.8 Å². The maximum absolute atomic E-state index is 3.88. The highest BCUT2D eigenvalue weighted by Crippen LogP contribution is 2.63. The number of benzene rings is 6. The summed E-state index contributed by atoms with van der Waals surface area (Å²) < 4.78 is 4.90. The molecule has 6 aromatic carbocycles. The normalized spacial score (nSPS) is 13.9. The molecule has 0 saturated heterocycles. The molecule has 40 heavy (non-hydrogen) atoms. The van der Waals surface area contributed by atoms with Gasteiger partial charge in [-0.2, -0.15) is 0 Å². The van der Waals surface area contributed by atoms with Crippen LogP contribution in [0.15, 0.2) is 130 Å². The average molecular weight is 656 g/mol. The third kappa shape index (κ3) is 2.85. The Labute approximate surface area is 253 Å². The van der Waals surface area contributed by atoms with Gasteiger partial charge >= 0.3 is 0 Å². The van der Waals surface area contributed by atoms with Crippen LogP contribution in [0.2, 0.25) is 0 Å². The van der Waals surface area contributed by atoms with Crippen molar-refractivity contribution in [1.29, 1.82) is 0 Å². The van der Waals surface area contributed by atoms with Crippen LogP contribution < -0.4 is 0 Å². The Kier molecular flexibility index (Phi) is 4.80. The van der Waals surface area contributed by atoms with Crippen molar-refractivity contribution in [2.24, 2.45) is 0 Å². The lowest BCUT2D eigenvalue weighted by Crippen LogP contribution is -2.29. The molecule has 3 heteroatoms. The lowest BCUT2D eigenvalue weighted by atomic mass is 9.66. The van der Waals surface area contributed by atoms with Crippen molar-refractivity contribution in [2.45, 2.75) is 5.41 Å². The third-order valence-electron chi connectivity index (χ3n) is 8.83. The fourth-order valence-corrected chi connectivity index (χ4v) is 9.33. The summed E-state index contributed by atoms with van der Waals surface area (Å²) in [5.74, 6) is 0. The Morgan fingerprint density at radius 1 is 0.450 bits per heavy atom. The molecule has 0 unspecified atom stereocenters. The Morgan fingerprint density at radius 3 is 1.75 bits per heavy atom. The van der Waals surface area contributed by atoms with Crippen molar-refractivity contribution in [3.8, 4) is 33.4 Å². The predicted octanol–water partition coefficient (Wildman–Crippen LogP) is 11.6. The van der Waals surface area contributed by atoms with Gasteiger partial charge in [-0.15, -0.1) is 11.3 Å². The van der Waals surface area contributed by atoms with E-state index in [2.05, 4.69) is 153 Å². The van der Waals surface area contributed by atoms with E-state index in [1.54, 1.807) is 0 Å². The second-order valence-electron chi connectivity index (χ2n) is 10.7. The molecule has 0 amide bonds. The smallest absolute Gasteiger partial charge is 0.0726 e. The van der Waals surface area contributed by atoms with E-state index < -0.39 is 5.41 Å². The second-order valence-corrected chi connectivity index (χ2v) is 13.6. The zero-order valence-electron chi connectivity index (χ0n) is 21.2. The van der Waals surface area contributed by atoms with Crippen LogP contribution in [-0.4, -0.2) is 0 Å². The van der Waals surface area contributed by atoms with E-state index in [9.17, 15) is 0 Å². The summed E-state index contributed by atoms with van der Waals surface area (Å²) in [5.41, 5.74) is 12.7. The minimum atomic E-state index is -0.479. The van der Waals surface area contributed by atoms with Crippen molar-refractivity contribution >= 4 is 63.4 Å². The predicted molar refractivity (Wildman–Crippen MR) is 176 cm³/mol. The van der Waals surface area contributed by atoms with Crippen LogP contribution in [0.5, 0.6) is 0 Å². The highest BCUT2D eigenvalue weighted by atomic mass is 79.9. The quantitative estimate of drug-likeness (QED) is 0.152.